The van der Waals surface area contributed by atoms with Gasteiger partial charge < -0.3 is 20.4 Å². The van der Waals surface area contributed by atoms with E-state index in [1.165, 1.54) is 48.4 Å². The molecule has 0 radical (unpaired) electrons. The number of furan rings is 1. The number of nitrogens with zero attached hydrogens (tertiary/aromatic N) is 2. The van der Waals surface area contributed by atoms with Gasteiger partial charge in [0.15, 0.2) is 0 Å². The van der Waals surface area contributed by atoms with Gasteiger partial charge in [-0.25, -0.2) is 9.37 Å². The summed E-state index contributed by atoms with van der Waals surface area (Å²) in [5.74, 6) is -0.316. The van der Waals surface area contributed by atoms with E-state index in [0.29, 0.717) is 29.1 Å². The van der Waals surface area contributed by atoms with Crippen molar-refractivity contribution in [1.29, 1.82) is 0 Å². The number of carbonyl (C=O) groups excluding carboxylic acids is 2. The smallest absolute Gasteiger partial charge is 0.420 e. The molecule has 7 nitrogen and oxygen atoms in total. The van der Waals surface area contributed by atoms with E-state index < -0.39 is 23.3 Å². The number of carbonyl (C=O) groups is 2. The molecule has 0 spiro atoms. The van der Waals surface area contributed by atoms with Crippen LogP contribution in [0.4, 0.5) is 23.4 Å². The molecule has 1 unspecified atom stereocenters. The molecule has 0 aliphatic carbocycles. The summed E-state index contributed by atoms with van der Waals surface area (Å²) in [6.45, 7) is 1.62. The van der Waals surface area contributed by atoms with Crippen LogP contribution in [0.3, 0.4) is 0 Å². The third-order valence-electron chi connectivity index (χ3n) is 6.82. The van der Waals surface area contributed by atoms with Crippen LogP contribution < -0.4 is 11.1 Å². The van der Waals surface area contributed by atoms with Crippen molar-refractivity contribution in [3.05, 3.63) is 89.3 Å². The Kier molecular flexibility index (Phi) is 7.29. The predicted molar refractivity (Wildman–Crippen MR) is 146 cm³/mol. The number of hydrogen-bond acceptors (Lipinski definition) is 5. The molecule has 2 amide bonds. The first-order valence-corrected chi connectivity index (χ1v) is 12.8. The lowest BCUT2D eigenvalue weighted by Crippen LogP contribution is -2.31. The van der Waals surface area contributed by atoms with E-state index in [0.717, 1.165) is 6.07 Å². The van der Waals surface area contributed by atoms with Crippen molar-refractivity contribution in [2.45, 2.75) is 31.7 Å². The van der Waals surface area contributed by atoms with E-state index in [4.69, 9.17) is 10.2 Å². The Bertz CT molecular complexity index is 1620. The molecule has 11 heteroatoms. The summed E-state index contributed by atoms with van der Waals surface area (Å²) >= 11 is 0. The van der Waals surface area contributed by atoms with Crippen molar-refractivity contribution >= 4 is 34.7 Å². The number of anilines is 1. The first-order chi connectivity index (χ1) is 19.4. The van der Waals surface area contributed by atoms with Crippen LogP contribution in [0.15, 0.2) is 71.3 Å². The lowest BCUT2D eigenvalue weighted by molar-refractivity contribution is -0.136. The summed E-state index contributed by atoms with van der Waals surface area (Å²) in [4.78, 5) is 30.3. The molecular formula is C30H26F4N4O3. The molecule has 41 heavy (non-hydrogen) atoms. The van der Waals surface area contributed by atoms with Crippen molar-refractivity contribution in [3.63, 3.8) is 0 Å². The number of pyridine rings is 1. The number of halogens is 4. The van der Waals surface area contributed by atoms with E-state index in [1.54, 1.807) is 30.3 Å². The number of rotatable bonds is 6. The van der Waals surface area contributed by atoms with E-state index in [2.05, 4.69) is 10.3 Å². The molecule has 1 saturated heterocycles. The highest BCUT2D eigenvalue weighted by atomic mass is 19.4. The van der Waals surface area contributed by atoms with E-state index >= 15 is 0 Å². The van der Waals surface area contributed by atoms with Gasteiger partial charge in [0.25, 0.3) is 5.91 Å². The van der Waals surface area contributed by atoms with Crippen LogP contribution in [0.2, 0.25) is 0 Å². The van der Waals surface area contributed by atoms with Crippen LogP contribution >= 0.6 is 0 Å². The molecule has 1 aliphatic heterocycles. The standard InChI is InChI=1S/C30H26F4N4O3/c1-29(31)10-11-38(17-29)28(40)20-6-4-19(5-7-20)21-12-22-13-23(41-27(22)24(14-21)30(32,33)34)16-37-26(39)9-3-18-2-8-25(35)36-15-18/h2-9,12-15H,10-11,16-17H2,1H3,(H2,35,36)(H,37,39). The molecule has 5 rings (SSSR count). The van der Waals surface area contributed by atoms with Gasteiger partial charge in [-0.15, -0.1) is 0 Å². The first-order valence-electron chi connectivity index (χ1n) is 12.8. The van der Waals surface area contributed by atoms with Crippen LogP contribution in [0.5, 0.6) is 0 Å². The number of nitrogen functional groups attached to an aromatic ring is 1. The lowest BCUT2D eigenvalue weighted by Gasteiger charge is -2.18. The lowest BCUT2D eigenvalue weighted by atomic mass is 9.99. The van der Waals surface area contributed by atoms with E-state index in [1.807, 2.05) is 0 Å². The fraction of sp³-hybridized carbons (Fsp3) is 0.233. The van der Waals surface area contributed by atoms with Gasteiger partial charge in [0.2, 0.25) is 5.91 Å². The summed E-state index contributed by atoms with van der Waals surface area (Å²) in [7, 11) is 0. The van der Waals surface area contributed by atoms with Crippen molar-refractivity contribution in [1.82, 2.24) is 15.2 Å². The average Bonchev–Trinajstić information content (AvgIpc) is 3.52. The maximum atomic E-state index is 14.2. The second-order valence-corrected chi connectivity index (χ2v) is 10.2. The number of benzene rings is 2. The third-order valence-corrected chi connectivity index (χ3v) is 6.82. The van der Waals surface area contributed by atoms with Gasteiger partial charge in [0, 0.05) is 36.2 Å². The van der Waals surface area contributed by atoms with Gasteiger partial charge in [-0.2, -0.15) is 13.2 Å². The largest absolute Gasteiger partial charge is 0.459 e. The zero-order valence-corrected chi connectivity index (χ0v) is 22.0. The van der Waals surface area contributed by atoms with Gasteiger partial charge in [0.05, 0.1) is 18.7 Å². The fourth-order valence-corrected chi connectivity index (χ4v) is 4.68. The topological polar surface area (TPSA) is 101 Å². The normalized spacial score (nSPS) is 17.4. The number of aromatic nitrogens is 1. The maximum absolute atomic E-state index is 14.2. The van der Waals surface area contributed by atoms with Crippen LogP contribution in [0.25, 0.3) is 28.2 Å². The van der Waals surface area contributed by atoms with Crippen LogP contribution in [0.1, 0.15) is 40.6 Å². The Morgan fingerprint density at radius 3 is 2.51 bits per heavy atom. The SMILES string of the molecule is CC1(F)CCN(C(=O)c2ccc(-c3cc(C(F)(F)F)c4oc(CNC(=O)C=Cc5ccc(N)nc5)cc4c3)cc2)C1. The molecule has 4 aromatic rings. The van der Waals surface area contributed by atoms with Crippen molar-refractivity contribution in [2.24, 2.45) is 0 Å². The highest BCUT2D eigenvalue weighted by Crippen LogP contribution is 2.39. The summed E-state index contributed by atoms with van der Waals surface area (Å²) in [5, 5.41) is 2.80. The molecule has 0 bridgehead atoms. The van der Waals surface area contributed by atoms with Crippen molar-refractivity contribution in [2.75, 3.05) is 18.8 Å². The minimum absolute atomic E-state index is 0.00117. The number of fused-ring (bicyclic) bond motifs is 1. The second kappa shape index (κ2) is 10.7. The summed E-state index contributed by atoms with van der Waals surface area (Å²) in [6.07, 6.45) is -0.160. The zero-order valence-electron chi connectivity index (χ0n) is 22.0. The number of nitrogens with two attached hydrogens (primary N) is 1. The summed E-state index contributed by atoms with van der Waals surface area (Å²) in [5.41, 5.74) is 4.51. The number of hydrogen-bond donors (Lipinski definition) is 2. The Balaban J connectivity index is 1.34. The number of amides is 2. The molecular weight excluding hydrogens is 540 g/mol. The number of alkyl halides is 4. The highest BCUT2D eigenvalue weighted by Gasteiger charge is 2.37. The first kappa shape index (κ1) is 27.9. The highest BCUT2D eigenvalue weighted by molar-refractivity contribution is 5.95. The molecule has 1 atom stereocenters. The zero-order chi connectivity index (χ0) is 29.4. The van der Waals surface area contributed by atoms with Crippen LogP contribution in [-0.2, 0) is 17.5 Å². The quantitative estimate of drug-likeness (QED) is 0.220. The molecule has 1 aliphatic rings. The monoisotopic (exact) mass is 566 g/mol. The molecule has 212 valence electrons. The minimum atomic E-state index is -4.70. The molecule has 2 aromatic heterocycles. The summed E-state index contributed by atoms with van der Waals surface area (Å²) < 4.78 is 61.7. The second-order valence-electron chi connectivity index (χ2n) is 10.2. The van der Waals surface area contributed by atoms with Crippen LogP contribution in [-0.4, -0.2) is 40.5 Å². The van der Waals surface area contributed by atoms with Gasteiger partial charge in [-0.3, -0.25) is 9.59 Å². The fourth-order valence-electron chi connectivity index (χ4n) is 4.68. The number of likely N-dealkylation sites (tertiary alicyclic amines) is 1. The van der Waals surface area contributed by atoms with Crippen molar-refractivity contribution < 1.29 is 31.6 Å². The van der Waals surface area contributed by atoms with Gasteiger partial charge in [0.1, 0.15) is 22.8 Å². The Labute approximate surface area is 232 Å². The molecule has 3 heterocycles. The predicted octanol–water partition coefficient (Wildman–Crippen LogP) is 6.00. The maximum Gasteiger partial charge on any atom is 0.420 e. The molecule has 3 N–H and O–H groups in total. The Morgan fingerprint density at radius 1 is 1.12 bits per heavy atom. The minimum Gasteiger partial charge on any atom is -0.459 e. The average molecular weight is 567 g/mol. The number of nitrogens with one attached hydrogen (secondary N) is 1. The summed E-state index contributed by atoms with van der Waals surface area (Å²) in [6, 6.07) is 13.4. The van der Waals surface area contributed by atoms with Crippen molar-refractivity contribution in [3.8, 4) is 11.1 Å². The van der Waals surface area contributed by atoms with Gasteiger partial charge in [-0.05, 0) is 72.2 Å². The molecule has 2 aromatic carbocycles. The van der Waals surface area contributed by atoms with Crippen LogP contribution in [0, 0.1) is 0 Å². The van der Waals surface area contributed by atoms with E-state index in [9.17, 15) is 27.2 Å². The Hall–Kier alpha value is -4.67. The van der Waals surface area contributed by atoms with Gasteiger partial charge >= 0.3 is 6.18 Å². The van der Waals surface area contributed by atoms with Gasteiger partial charge in [-0.1, -0.05) is 12.1 Å². The molecule has 1 fully saturated rings. The Morgan fingerprint density at radius 2 is 1.88 bits per heavy atom. The molecule has 0 saturated carbocycles. The third kappa shape index (κ3) is 6.40. The van der Waals surface area contributed by atoms with E-state index in [-0.39, 0.29) is 47.7 Å².